The van der Waals surface area contributed by atoms with Crippen LogP contribution in [0.3, 0.4) is 0 Å². The number of carbonyl (C=O) groups is 2. The van der Waals surface area contributed by atoms with Crippen LogP contribution in [0.25, 0.3) is 0 Å². The van der Waals surface area contributed by atoms with E-state index in [0.717, 1.165) is 59.4 Å². The molecule has 32 heavy (non-hydrogen) atoms. The lowest BCUT2D eigenvalue weighted by molar-refractivity contribution is -0.123. The third kappa shape index (κ3) is 10.3. The Morgan fingerprint density at radius 2 is 0.938 bits per heavy atom. The van der Waals surface area contributed by atoms with Crippen molar-refractivity contribution in [2.75, 3.05) is 26.3 Å². The Morgan fingerprint density at radius 1 is 0.594 bits per heavy atom. The fraction of sp³-hybridized carbons (Fsp3) is 0.462. The molecule has 0 fully saturated rings. The van der Waals surface area contributed by atoms with E-state index in [0.29, 0.717) is 13.1 Å². The van der Waals surface area contributed by atoms with Gasteiger partial charge in [0.2, 0.25) is 0 Å². The highest BCUT2D eigenvalue weighted by molar-refractivity contribution is 5.77. The van der Waals surface area contributed by atoms with Crippen molar-refractivity contribution in [3.8, 4) is 11.5 Å². The fourth-order valence-electron chi connectivity index (χ4n) is 3.49. The first-order chi connectivity index (χ1) is 15.3. The molecule has 0 saturated carbocycles. The van der Waals surface area contributed by atoms with E-state index in [1.165, 1.54) is 0 Å². The van der Waals surface area contributed by atoms with Crippen LogP contribution >= 0.6 is 0 Å². The third-order valence-electron chi connectivity index (χ3n) is 4.88. The summed E-state index contributed by atoms with van der Waals surface area (Å²) in [6.45, 7) is 9.34. The van der Waals surface area contributed by atoms with E-state index < -0.39 is 0 Å². The number of benzene rings is 2. The van der Waals surface area contributed by atoms with Gasteiger partial charge < -0.3 is 20.1 Å². The zero-order chi connectivity index (χ0) is 23.3. The van der Waals surface area contributed by atoms with Gasteiger partial charge in [0.15, 0.2) is 13.2 Å². The Morgan fingerprint density at radius 3 is 1.28 bits per heavy atom. The van der Waals surface area contributed by atoms with Gasteiger partial charge in [-0.15, -0.1) is 0 Å². The molecule has 0 aliphatic heterocycles. The van der Waals surface area contributed by atoms with Crippen LogP contribution in [-0.4, -0.2) is 38.1 Å². The van der Waals surface area contributed by atoms with Crippen molar-refractivity contribution in [2.45, 2.75) is 53.4 Å². The Bertz CT molecular complexity index is 781. The molecule has 0 radical (unpaired) electrons. The molecule has 2 N–H and O–H groups in total. The molecule has 0 aliphatic rings. The molecule has 174 valence electrons. The standard InChI is InChI=1S/C26H36N2O4/c1-19-11-20(2)14-23(13-19)31-17-25(29)27-9-7-5-6-8-10-28-26(30)18-32-24-15-21(3)12-22(4)16-24/h11-16H,5-10,17-18H2,1-4H3,(H,27,29)(H,28,30). The van der Waals surface area contributed by atoms with Gasteiger partial charge in [-0.3, -0.25) is 9.59 Å². The van der Waals surface area contributed by atoms with Gasteiger partial charge in [0.25, 0.3) is 11.8 Å². The number of rotatable bonds is 13. The molecule has 0 spiro atoms. The Labute approximate surface area is 191 Å². The minimum Gasteiger partial charge on any atom is -0.484 e. The van der Waals surface area contributed by atoms with Crippen molar-refractivity contribution in [1.82, 2.24) is 10.6 Å². The summed E-state index contributed by atoms with van der Waals surface area (Å²) in [5.41, 5.74) is 4.46. The molecule has 0 saturated heterocycles. The van der Waals surface area contributed by atoms with Crippen LogP contribution in [0, 0.1) is 27.7 Å². The van der Waals surface area contributed by atoms with E-state index in [-0.39, 0.29) is 25.0 Å². The molecule has 0 bridgehead atoms. The summed E-state index contributed by atoms with van der Waals surface area (Å²) >= 11 is 0. The van der Waals surface area contributed by atoms with Crippen LogP contribution in [0.15, 0.2) is 36.4 Å². The van der Waals surface area contributed by atoms with Crippen molar-refractivity contribution in [2.24, 2.45) is 0 Å². The first kappa shape index (κ1) is 25.2. The normalized spacial score (nSPS) is 10.5. The summed E-state index contributed by atoms with van der Waals surface area (Å²) in [5.74, 6) is 1.22. The molecular formula is C26H36N2O4. The number of nitrogens with one attached hydrogen (secondary N) is 2. The largest absolute Gasteiger partial charge is 0.484 e. The van der Waals surface area contributed by atoms with Crippen LogP contribution in [0.5, 0.6) is 11.5 Å². The smallest absolute Gasteiger partial charge is 0.257 e. The first-order valence-electron chi connectivity index (χ1n) is 11.3. The Hall–Kier alpha value is -3.02. The van der Waals surface area contributed by atoms with Gasteiger partial charge in [-0.1, -0.05) is 25.0 Å². The van der Waals surface area contributed by atoms with Crippen LogP contribution in [0.1, 0.15) is 47.9 Å². The van der Waals surface area contributed by atoms with E-state index in [1.807, 2.05) is 52.0 Å². The maximum Gasteiger partial charge on any atom is 0.257 e. The predicted octanol–water partition coefficient (Wildman–Crippen LogP) is 4.17. The van der Waals surface area contributed by atoms with E-state index in [4.69, 9.17) is 9.47 Å². The van der Waals surface area contributed by atoms with Gasteiger partial charge >= 0.3 is 0 Å². The SMILES string of the molecule is Cc1cc(C)cc(OCC(=O)NCCCCCCNC(=O)COc2cc(C)cc(C)c2)c1. The molecule has 0 aromatic heterocycles. The van der Waals surface area contributed by atoms with Gasteiger partial charge in [-0.25, -0.2) is 0 Å². The monoisotopic (exact) mass is 440 g/mol. The van der Waals surface area contributed by atoms with Gasteiger partial charge in [-0.05, 0) is 87.1 Å². The molecule has 2 amide bonds. The molecular weight excluding hydrogens is 404 g/mol. The fourth-order valence-corrected chi connectivity index (χ4v) is 3.49. The summed E-state index contributed by atoms with van der Waals surface area (Å²) in [7, 11) is 0. The van der Waals surface area contributed by atoms with Crippen molar-refractivity contribution < 1.29 is 19.1 Å². The van der Waals surface area contributed by atoms with Gasteiger partial charge in [0.05, 0.1) is 0 Å². The molecule has 6 nitrogen and oxygen atoms in total. The molecule has 0 heterocycles. The number of amides is 2. The highest BCUT2D eigenvalue weighted by Gasteiger charge is 2.05. The molecule has 2 aromatic rings. The Kier molecular flexibility index (Phi) is 10.6. The lowest BCUT2D eigenvalue weighted by atomic mass is 10.1. The summed E-state index contributed by atoms with van der Waals surface area (Å²) in [4.78, 5) is 23.8. The van der Waals surface area contributed by atoms with Crippen molar-refractivity contribution >= 4 is 11.8 Å². The van der Waals surface area contributed by atoms with E-state index in [9.17, 15) is 9.59 Å². The van der Waals surface area contributed by atoms with Crippen LogP contribution in [-0.2, 0) is 9.59 Å². The minimum absolute atomic E-state index is 0.0269. The van der Waals surface area contributed by atoms with Crippen molar-refractivity contribution in [3.05, 3.63) is 58.7 Å². The maximum absolute atomic E-state index is 11.9. The highest BCUT2D eigenvalue weighted by atomic mass is 16.5. The lowest BCUT2D eigenvalue weighted by Crippen LogP contribution is -2.30. The van der Waals surface area contributed by atoms with E-state index >= 15 is 0 Å². The predicted molar refractivity (Wildman–Crippen MR) is 127 cm³/mol. The first-order valence-corrected chi connectivity index (χ1v) is 11.3. The maximum atomic E-state index is 11.9. The molecule has 2 rings (SSSR count). The molecule has 6 heteroatoms. The molecule has 0 aliphatic carbocycles. The molecule has 0 atom stereocenters. The summed E-state index contributed by atoms with van der Waals surface area (Å²) < 4.78 is 11.1. The van der Waals surface area contributed by atoms with E-state index in [2.05, 4.69) is 22.8 Å². The second kappa shape index (κ2) is 13.4. The zero-order valence-electron chi connectivity index (χ0n) is 19.8. The quantitative estimate of drug-likeness (QED) is 0.458. The molecule has 2 aromatic carbocycles. The number of carbonyl (C=O) groups excluding carboxylic acids is 2. The van der Waals surface area contributed by atoms with Gasteiger partial charge in [0.1, 0.15) is 11.5 Å². The zero-order valence-corrected chi connectivity index (χ0v) is 19.8. The number of aryl methyl sites for hydroxylation is 4. The van der Waals surface area contributed by atoms with Crippen LogP contribution in [0.2, 0.25) is 0 Å². The van der Waals surface area contributed by atoms with E-state index in [1.54, 1.807) is 0 Å². The third-order valence-corrected chi connectivity index (χ3v) is 4.88. The van der Waals surface area contributed by atoms with Crippen molar-refractivity contribution in [1.29, 1.82) is 0 Å². The van der Waals surface area contributed by atoms with Crippen LogP contribution in [0.4, 0.5) is 0 Å². The molecule has 0 unspecified atom stereocenters. The number of hydrogen-bond donors (Lipinski definition) is 2. The average Bonchev–Trinajstić information content (AvgIpc) is 2.71. The second-order valence-corrected chi connectivity index (χ2v) is 8.34. The lowest BCUT2D eigenvalue weighted by Gasteiger charge is -2.10. The van der Waals surface area contributed by atoms with Crippen LogP contribution < -0.4 is 20.1 Å². The summed E-state index contributed by atoms with van der Waals surface area (Å²) in [5, 5.41) is 5.76. The number of unbranched alkanes of at least 4 members (excludes halogenated alkanes) is 3. The minimum atomic E-state index is -0.111. The van der Waals surface area contributed by atoms with Gasteiger partial charge in [0, 0.05) is 13.1 Å². The van der Waals surface area contributed by atoms with Crippen molar-refractivity contribution in [3.63, 3.8) is 0 Å². The average molecular weight is 441 g/mol. The highest BCUT2D eigenvalue weighted by Crippen LogP contribution is 2.16. The number of ether oxygens (including phenoxy) is 2. The Balaban J connectivity index is 1.46. The van der Waals surface area contributed by atoms with Gasteiger partial charge in [-0.2, -0.15) is 0 Å². The topological polar surface area (TPSA) is 76.7 Å². The number of hydrogen-bond acceptors (Lipinski definition) is 4. The second-order valence-electron chi connectivity index (χ2n) is 8.34. The summed E-state index contributed by atoms with van der Waals surface area (Å²) in [6.07, 6.45) is 3.79. The summed E-state index contributed by atoms with van der Waals surface area (Å²) in [6, 6.07) is 11.8.